The minimum atomic E-state index is -0.945. The summed E-state index contributed by atoms with van der Waals surface area (Å²) in [6, 6.07) is 10.9. The molecule has 4 nitrogen and oxygen atoms in total. The molecule has 1 N–H and O–H groups in total. The molecule has 2 aromatic heterocycles. The number of benzene rings is 1. The fraction of sp³-hybridized carbons (Fsp3) is 0. The highest BCUT2D eigenvalue weighted by atomic mass is 16.4. The topological polar surface area (TPSA) is 63.1 Å². The number of aromatic carboxylic acids is 1. The van der Waals surface area contributed by atoms with E-state index >= 15 is 0 Å². The predicted octanol–water partition coefficient (Wildman–Crippen LogP) is 3.00. The van der Waals surface area contributed by atoms with Crippen LogP contribution in [-0.4, -0.2) is 21.0 Å². The second-order valence-electron chi connectivity index (χ2n) is 4.13. The molecule has 0 amide bonds. The van der Waals surface area contributed by atoms with Gasteiger partial charge in [0.25, 0.3) is 0 Å². The van der Waals surface area contributed by atoms with E-state index in [1.807, 2.05) is 30.3 Å². The molecule has 0 atom stereocenters. The summed E-state index contributed by atoms with van der Waals surface area (Å²) in [5.41, 5.74) is 2.89. The first-order valence-corrected chi connectivity index (χ1v) is 5.78. The Hall–Kier alpha value is -2.75. The van der Waals surface area contributed by atoms with E-state index in [4.69, 9.17) is 0 Å². The monoisotopic (exact) mass is 250 g/mol. The van der Waals surface area contributed by atoms with Gasteiger partial charge in [-0.3, -0.25) is 9.97 Å². The molecule has 0 spiro atoms. The van der Waals surface area contributed by atoms with Crippen LogP contribution in [0.25, 0.3) is 22.0 Å². The van der Waals surface area contributed by atoms with Gasteiger partial charge >= 0.3 is 5.97 Å². The molecule has 0 aliphatic heterocycles. The van der Waals surface area contributed by atoms with Gasteiger partial charge in [-0.1, -0.05) is 6.07 Å². The molecule has 92 valence electrons. The summed E-state index contributed by atoms with van der Waals surface area (Å²) in [4.78, 5) is 19.4. The van der Waals surface area contributed by atoms with Gasteiger partial charge in [0.05, 0.1) is 11.1 Å². The third-order valence-electron chi connectivity index (χ3n) is 2.99. The Kier molecular flexibility index (Phi) is 2.68. The van der Waals surface area contributed by atoms with E-state index in [0.29, 0.717) is 10.9 Å². The molecule has 0 aliphatic rings. The first kappa shape index (κ1) is 11.3. The van der Waals surface area contributed by atoms with Gasteiger partial charge in [0, 0.05) is 24.0 Å². The molecule has 0 radical (unpaired) electrons. The van der Waals surface area contributed by atoms with Crippen molar-refractivity contribution in [2.24, 2.45) is 0 Å². The van der Waals surface area contributed by atoms with Gasteiger partial charge in [-0.25, -0.2) is 4.79 Å². The lowest BCUT2D eigenvalue weighted by atomic mass is 10.0. The van der Waals surface area contributed by atoms with E-state index in [1.165, 1.54) is 12.3 Å². The van der Waals surface area contributed by atoms with Crippen LogP contribution in [0.2, 0.25) is 0 Å². The van der Waals surface area contributed by atoms with E-state index in [-0.39, 0.29) is 5.56 Å². The van der Waals surface area contributed by atoms with E-state index in [9.17, 15) is 9.90 Å². The molecule has 0 saturated carbocycles. The van der Waals surface area contributed by atoms with Crippen LogP contribution in [-0.2, 0) is 0 Å². The first-order chi connectivity index (χ1) is 9.25. The number of pyridine rings is 2. The Labute approximate surface area is 109 Å². The zero-order chi connectivity index (χ0) is 13.2. The van der Waals surface area contributed by atoms with E-state index in [0.717, 1.165) is 11.1 Å². The molecule has 4 heteroatoms. The summed E-state index contributed by atoms with van der Waals surface area (Å²) in [5.74, 6) is -0.945. The summed E-state index contributed by atoms with van der Waals surface area (Å²) >= 11 is 0. The van der Waals surface area contributed by atoms with Crippen molar-refractivity contribution in [3.63, 3.8) is 0 Å². The Morgan fingerprint density at radius 3 is 2.47 bits per heavy atom. The second kappa shape index (κ2) is 4.49. The van der Waals surface area contributed by atoms with Gasteiger partial charge in [0.1, 0.15) is 0 Å². The van der Waals surface area contributed by atoms with Crippen molar-refractivity contribution < 1.29 is 9.90 Å². The van der Waals surface area contributed by atoms with E-state index < -0.39 is 5.97 Å². The van der Waals surface area contributed by atoms with Gasteiger partial charge in [0.2, 0.25) is 0 Å². The summed E-state index contributed by atoms with van der Waals surface area (Å²) in [6.07, 6.45) is 4.93. The number of carbonyl (C=O) groups is 1. The number of hydrogen-bond acceptors (Lipinski definition) is 3. The minimum absolute atomic E-state index is 0.265. The number of hydrogen-bond donors (Lipinski definition) is 1. The van der Waals surface area contributed by atoms with Crippen LogP contribution in [0.15, 0.2) is 55.0 Å². The lowest BCUT2D eigenvalue weighted by Crippen LogP contribution is -1.98. The van der Waals surface area contributed by atoms with Crippen LogP contribution in [0.5, 0.6) is 0 Å². The first-order valence-electron chi connectivity index (χ1n) is 5.78. The SMILES string of the molecule is O=C(O)c1ccnc2ccc(-c3ccncc3)cc12. The standard InChI is InChI=1S/C15H10N2O2/c18-15(19)12-5-8-17-14-2-1-11(9-13(12)14)10-3-6-16-7-4-10/h1-9H,(H,18,19). The van der Waals surface area contributed by atoms with E-state index in [2.05, 4.69) is 9.97 Å². The summed E-state index contributed by atoms with van der Waals surface area (Å²) in [7, 11) is 0. The molecule has 0 saturated heterocycles. The average molecular weight is 250 g/mol. The maximum Gasteiger partial charge on any atom is 0.336 e. The molecule has 0 aliphatic carbocycles. The number of carboxylic acid groups (broad SMARTS) is 1. The van der Waals surface area contributed by atoms with Gasteiger partial charge in [0.15, 0.2) is 0 Å². The average Bonchev–Trinajstić information content (AvgIpc) is 2.47. The Bertz CT molecular complexity index is 754. The Balaban J connectivity index is 2.25. The molecule has 0 unspecified atom stereocenters. The van der Waals surface area contributed by atoms with Crippen LogP contribution in [0, 0.1) is 0 Å². The third-order valence-corrected chi connectivity index (χ3v) is 2.99. The van der Waals surface area contributed by atoms with Gasteiger partial charge in [-0.15, -0.1) is 0 Å². The van der Waals surface area contributed by atoms with Crippen molar-refractivity contribution in [1.82, 2.24) is 9.97 Å². The maximum absolute atomic E-state index is 11.2. The summed E-state index contributed by atoms with van der Waals surface area (Å²) in [5, 5.41) is 9.85. The largest absolute Gasteiger partial charge is 0.478 e. The number of aromatic nitrogens is 2. The zero-order valence-electron chi connectivity index (χ0n) is 9.95. The third kappa shape index (κ3) is 2.04. The molecular formula is C15H10N2O2. The van der Waals surface area contributed by atoms with Crippen LogP contribution >= 0.6 is 0 Å². The Morgan fingerprint density at radius 2 is 1.74 bits per heavy atom. The van der Waals surface area contributed by atoms with Crippen LogP contribution in [0.4, 0.5) is 0 Å². The van der Waals surface area contributed by atoms with Gasteiger partial charge in [-0.2, -0.15) is 0 Å². The highest BCUT2D eigenvalue weighted by Gasteiger charge is 2.09. The van der Waals surface area contributed by atoms with Crippen molar-refractivity contribution in [2.75, 3.05) is 0 Å². The zero-order valence-corrected chi connectivity index (χ0v) is 9.95. The lowest BCUT2D eigenvalue weighted by Gasteiger charge is -2.05. The van der Waals surface area contributed by atoms with Crippen molar-refractivity contribution >= 4 is 16.9 Å². The van der Waals surface area contributed by atoms with Crippen LogP contribution < -0.4 is 0 Å². The van der Waals surface area contributed by atoms with Gasteiger partial charge < -0.3 is 5.11 Å². The fourth-order valence-electron chi connectivity index (χ4n) is 2.06. The number of carboxylic acids is 1. The molecule has 0 bridgehead atoms. The number of rotatable bonds is 2. The summed E-state index contributed by atoms with van der Waals surface area (Å²) in [6.45, 7) is 0. The number of nitrogens with zero attached hydrogens (tertiary/aromatic N) is 2. The summed E-state index contributed by atoms with van der Waals surface area (Å²) < 4.78 is 0. The smallest absolute Gasteiger partial charge is 0.336 e. The maximum atomic E-state index is 11.2. The molecule has 1 aromatic carbocycles. The highest BCUT2D eigenvalue weighted by Crippen LogP contribution is 2.25. The van der Waals surface area contributed by atoms with Gasteiger partial charge in [-0.05, 0) is 41.5 Å². The normalized spacial score (nSPS) is 10.5. The Morgan fingerprint density at radius 1 is 0.947 bits per heavy atom. The van der Waals surface area contributed by atoms with Crippen molar-refractivity contribution in [3.05, 3.63) is 60.6 Å². The van der Waals surface area contributed by atoms with Crippen molar-refractivity contribution in [2.45, 2.75) is 0 Å². The van der Waals surface area contributed by atoms with E-state index in [1.54, 1.807) is 12.4 Å². The molecule has 3 rings (SSSR count). The second-order valence-corrected chi connectivity index (χ2v) is 4.13. The predicted molar refractivity (Wildman–Crippen MR) is 71.9 cm³/mol. The minimum Gasteiger partial charge on any atom is -0.478 e. The lowest BCUT2D eigenvalue weighted by molar-refractivity contribution is 0.0699. The molecule has 19 heavy (non-hydrogen) atoms. The fourth-order valence-corrected chi connectivity index (χ4v) is 2.06. The quantitative estimate of drug-likeness (QED) is 0.759. The van der Waals surface area contributed by atoms with Crippen molar-refractivity contribution in [3.8, 4) is 11.1 Å². The van der Waals surface area contributed by atoms with Crippen LogP contribution in [0.1, 0.15) is 10.4 Å². The molecular weight excluding hydrogens is 240 g/mol. The number of fused-ring (bicyclic) bond motifs is 1. The molecule has 3 aromatic rings. The highest BCUT2D eigenvalue weighted by molar-refractivity contribution is 6.03. The molecule has 2 heterocycles. The van der Waals surface area contributed by atoms with Crippen molar-refractivity contribution in [1.29, 1.82) is 0 Å². The molecule has 0 fully saturated rings. The van der Waals surface area contributed by atoms with Crippen LogP contribution in [0.3, 0.4) is 0 Å².